The Labute approximate surface area is 80.9 Å². The first-order valence-electron chi connectivity index (χ1n) is 4.56. The number of primary amides is 1. The molecule has 0 aromatic rings. The summed E-state index contributed by atoms with van der Waals surface area (Å²) in [4.78, 5) is 22.5. The first kappa shape index (κ1) is 9.21. The molecule has 0 heterocycles. The zero-order valence-electron chi connectivity index (χ0n) is 7.51. The first-order valence-corrected chi connectivity index (χ1v) is 4.56. The number of nitrogens with one attached hydrogen (secondary N) is 1. The van der Waals surface area contributed by atoms with Crippen LogP contribution < -0.4 is 11.2 Å². The van der Waals surface area contributed by atoms with Gasteiger partial charge in [0.1, 0.15) is 0 Å². The largest absolute Gasteiger partial charge is 0.369 e. The number of hydroxylamine groups is 1. The lowest BCUT2D eigenvalue weighted by atomic mass is 9.82. The van der Waals surface area contributed by atoms with E-state index in [1.807, 2.05) is 12.2 Å². The van der Waals surface area contributed by atoms with Crippen molar-refractivity contribution in [2.24, 2.45) is 29.4 Å². The summed E-state index contributed by atoms with van der Waals surface area (Å²) in [6.45, 7) is 0. The van der Waals surface area contributed by atoms with E-state index in [1.54, 1.807) is 5.48 Å². The lowest BCUT2D eigenvalue weighted by Gasteiger charge is -2.23. The molecule has 4 atom stereocenters. The van der Waals surface area contributed by atoms with E-state index in [4.69, 9.17) is 10.9 Å². The number of hydrogen-bond donors (Lipinski definition) is 3. The molecule has 0 radical (unpaired) electrons. The second-order valence-electron chi connectivity index (χ2n) is 3.88. The molecule has 2 amide bonds. The lowest BCUT2D eigenvalue weighted by molar-refractivity contribution is -0.139. The van der Waals surface area contributed by atoms with Crippen LogP contribution in [0, 0.1) is 23.7 Å². The average Bonchev–Trinajstić information content (AvgIpc) is 2.74. The summed E-state index contributed by atoms with van der Waals surface area (Å²) in [7, 11) is 0. The third-order valence-electron chi connectivity index (χ3n) is 3.20. The third kappa shape index (κ3) is 1.13. The third-order valence-corrected chi connectivity index (χ3v) is 3.20. The number of nitrogens with two attached hydrogens (primary N) is 1. The van der Waals surface area contributed by atoms with Gasteiger partial charge in [-0.2, -0.15) is 0 Å². The number of carbonyl (C=O) groups is 2. The highest BCUT2D eigenvalue weighted by Gasteiger charge is 2.50. The maximum absolute atomic E-state index is 11.3. The second kappa shape index (κ2) is 3.09. The molecule has 0 spiro atoms. The van der Waals surface area contributed by atoms with Gasteiger partial charge in [-0.3, -0.25) is 14.8 Å². The zero-order chi connectivity index (χ0) is 10.3. The molecule has 2 bridgehead atoms. The molecule has 0 aliphatic heterocycles. The maximum Gasteiger partial charge on any atom is 0.247 e. The molecule has 2 aliphatic rings. The highest BCUT2D eigenvalue weighted by atomic mass is 16.5. The number of hydrogen-bond acceptors (Lipinski definition) is 3. The first-order chi connectivity index (χ1) is 6.65. The summed E-state index contributed by atoms with van der Waals surface area (Å²) < 4.78 is 0. The Hall–Kier alpha value is -1.36. The normalized spacial score (nSPS) is 38.6. The van der Waals surface area contributed by atoms with Crippen LogP contribution in [0.4, 0.5) is 0 Å². The van der Waals surface area contributed by atoms with Crippen LogP contribution in [0.15, 0.2) is 12.2 Å². The lowest BCUT2D eigenvalue weighted by Crippen LogP contribution is -2.41. The smallest absolute Gasteiger partial charge is 0.247 e. The molecule has 1 saturated carbocycles. The highest BCUT2D eigenvalue weighted by Crippen LogP contribution is 2.47. The van der Waals surface area contributed by atoms with Gasteiger partial charge in [0, 0.05) is 0 Å². The molecule has 5 heteroatoms. The Morgan fingerprint density at radius 2 is 1.86 bits per heavy atom. The van der Waals surface area contributed by atoms with E-state index in [9.17, 15) is 9.59 Å². The van der Waals surface area contributed by atoms with Crippen molar-refractivity contribution in [2.75, 3.05) is 0 Å². The standard InChI is InChI=1S/C9H12N2O3/c10-8(12)6-4-1-2-5(3-4)7(6)9(13)11-14/h1-2,4-7,14H,3H2,(H2,10,12)(H,11,13). The average molecular weight is 196 g/mol. The topological polar surface area (TPSA) is 92.4 Å². The quantitative estimate of drug-likeness (QED) is 0.313. The molecular formula is C9H12N2O3. The fraction of sp³-hybridized carbons (Fsp3) is 0.556. The van der Waals surface area contributed by atoms with E-state index in [1.165, 1.54) is 0 Å². The van der Waals surface area contributed by atoms with Gasteiger partial charge in [-0.15, -0.1) is 0 Å². The van der Waals surface area contributed by atoms with Crippen LogP contribution in [0.2, 0.25) is 0 Å². The Kier molecular flexibility index (Phi) is 2.03. The van der Waals surface area contributed by atoms with E-state index in [2.05, 4.69) is 0 Å². The van der Waals surface area contributed by atoms with Crippen LogP contribution in [0.25, 0.3) is 0 Å². The van der Waals surface area contributed by atoms with Crippen molar-refractivity contribution in [1.82, 2.24) is 5.48 Å². The van der Waals surface area contributed by atoms with Gasteiger partial charge in [-0.25, -0.2) is 5.48 Å². The highest BCUT2D eigenvalue weighted by molar-refractivity contribution is 5.88. The molecule has 0 saturated heterocycles. The Balaban J connectivity index is 2.26. The van der Waals surface area contributed by atoms with Gasteiger partial charge in [0.15, 0.2) is 0 Å². The fourth-order valence-corrected chi connectivity index (χ4v) is 2.64. The Morgan fingerprint density at radius 3 is 2.36 bits per heavy atom. The number of rotatable bonds is 2. The minimum Gasteiger partial charge on any atom is -0.369 e. The SMILES string of the molecule is NC(=O)C1C2C=CC(C2)C1C(=O)NO. The van der Waals surface area contributed by atoms with Gasteiger partial charge in [0.05, 0.1) is 11.8 Å². The molecule has 0 aromatic carbocycles. The van der Waals surface area contributed by atoms with Crippen LogP contribution in [0.5, 0.6) is 0 Å². The van der Waals surface area contributed by atoms with Crippen molar-refractivity contribution in [2.45, 2.75) is 6.42 Å². The van der Waals surface area contributed by atoms with Crippen LogP contribution in [0.3, 0.4) is 0 Å². The predicted molar refractivity (Wildman–Crippen MR) is 46.8 cm³/mol. The van der Waals surface area contributed by atoms with Gasteiger partial charge < -0.3 is 5.73 Å². The molecule has 14 heavy (non-hydrogen) atoms. The summed E-state index contributed by atoms with van der Waals surface area (Å²) in [5, 5.41) is 8.55. The van der Waals surface area contributed by atoms with Crippen LogP contribution in [0.1, 0.15) is 6.42 Å². The number of carbonyl (C=O) groups excluding carboxylic acids is 2. The molecule has 4 unspecified atom stereocenters. The molecule has 76 valence electrons. The van der Waals surface area contributed by atoms with Crippen molar-refractivity contribution in [3.63, 3.8) is 0 Å². The predicted octanol–water partition coefficient (Wildman–Crippen LogP) is -0.585. The van der Waals surface area contributed by atoms with Crippen molar-refractivity contribution in [3.8, 4) is 0 Å². The minimum atomic E-state index is -0.509. The van der Waals surface area contributed by atoms with Gasteiger partial charge in [0.2, 0.25) is 11.8 Å². The number of amides is 2. The molecule has 2 rings (SSSR count). The zero-order valence-corrected chi connectivity index (χ0v) is 7.51. The Morgan fingerprint density at radius 1 is 1.29 bits per heavy atom. The second-order valence-corrected chi connectivity index (χ2v) is 3.88. The van der Waals surface area contributed by atoms with Crippen molar-refractivity contribution in [3.05, 3.63) is 12.2 Å². The van der Waals surface area contributed by atoms with Gasteiger partial charge >= 0.3 is 0 Å². The summed E-state index contributed by atoms with van der Waals surface area (Å²) in [6, 6.07) is 0. The summed E-state index contributed by atoms with van der Waals surface area (Å²) in [5.41, 5.74) is 6.83. The summed E-state index contributed by atoms with van der Waals surface area (Å²) in [5.74, 6) is -1.81. The van der Waals surface area contributed by atoms with Crippen molar-refractivity contribution < 1.29 is 14.8 Å². The molecule has 5 nitrogen and oxygen atoms in total. The van der Waals surface area contributed by atoms with E-state index in [0.29, 0.717) is 0 Å². The minimum absolute atomic E-state index is 0.0460. The van der Waals surface area contributed by atoms with E-state index >= 15 is 0 Å². The van der Waals surface area contributed by atoms with E-state index in [-0.39, 0.29) is 11.8 Å². The molecule has 2 aliphatic carbocycles. The number of fused-ring (bicyclic) bond motifs is 2. The van der Waals surface area contributed by atoms with E-state index in [0.717, 1.165) is 6.42 Å². The van der Waals surface area contributed by atoms with Crippen molar-refractivity contribution >= 4 is 11.8 Å². The monoisotopic (exact) mass is 196 g/mol. The molecule has 0 aromatic heterocycles. The maximum atomic E-state index is 11.3. The van der Waals surface area contributed by atoms with E-state index < -0.39 is 23.7 Å². The summed E-state index contributed by atoms with van der Waals surface area (Å²) in [6.07, 6.45) is 4.64. The molecular weight excluding hydrogens is 184 g/mol. The van der Waals surface area contributed by atoms with Crippen LogP contribution in [-0.2, 0) is 9.59 Å². The van der Waals surface area contributed by atoms with Crippen LogP contribution in [-0.4, -0.2) is 17.0 Å². The Bertz CT molecular complexity index is 313. The fourth-order valence-electron chi connectivity index (χ4n) is 2.64. The number of allylic oxidation sites excluding steroid dienone is 2. The molecule has 4 N–H and O–H groups in total. The van der Waals surface area contributed by atoms with Crippen molar-refractivity contribution in [1.29, 1.82) is 0 Å². The van der Waals surface area contributed by atoms with Gasteiger partial charge in [-0.1, -0.05) is 12.2 Å². The van der Waals surface area contributed by atoms with Gasteiger partial charge in [-0.05, 0) is 18.3 Å². The van der Waals surface area contributed by atoms with Gasteiger partial charge in [0.25, 0.3) is 0 Å². The summed E-state index contributed by atoms with van der Waals surface area (Å²) >= 11 is 0. The molecule has 1 fully saturated rings. The van der Waals surface area contributed by atoms with Crippen LogP contribution >= 0.6 is 0 Å².